The van der Waals surface area contributed by atoms with Crippen molar-refractivity contribution in [1.82, 2.24) is 9.21 Å². The third-order valence-corrected chi connectivity index (χ3v) is 10.6. The molecule has 1 aromatic carbocycles. The van der Waals surface area contributed by atoms with Crippen molar-refractivity contribution in [3.8, 4) is 5.75 Å². The van der Waals surface area contributed by atoms with Crippen molar-refractivity contribution < 1.29 is 18.3 Å². The zero-order chi connectivity index (χ0) is 21.3. The number of phenolic OH excluding ortho intramolecular Hbond substituents is 1. The average Bonchev–Trinajstić information content (AvgIpc) is 2.67. The van der Waals surface area contributed by atoms with Crippen LogP contribution < -0.4 is 0 Å². The van der Waals surface area contributed by atoms with E-state index >= 15 is 0 Å². The molecule has 4 bridgehead atoms. The van der Waals surface area contributed by atoms with Gasteiger partial charge in [0, 0.05) is 30.5 Å². The molecule has 8 heteroatoms. The SMILES string of the molecule is Cc1ccc(O)c(S(=O)(=O)N2CCN(C(=O)C34CC5CC(CC(Br)(C5)C3)C4)CC2)c1. The van der Waals surface area contributed by atoms with E-state index < -0.39 is 10.0 Å². The van der Waals surface area contributed by atoms with Gasteiger partial charge < -0.3 is 10.0 Å². The van der Waals surface area contributed by atoms with Crippen LogP contribution in [0.1, 0.15) is 44.1 Å². The topological polar surface area (TPSA) is 77.9 Å². The van der Waals surface area contributed by atoms with Gasteiger partial charge in [0.15, 0.2) is 0 Å². The Hall–Kier alpha value is -1.12. The molecule has 0 spiro atoms. The normalized spacial score (nSPS) is 36.3. The summed E-state index contributed by atoms with van der Waals surface area (Å²) >= 11 is 3.98. The number of aromatic hydroxyl groups is 1. The summed E-state index contributed by atoms with van der Waals surface area (Å²) in [6.07, 6.45) is 6.53. The molecule has 6 rings (SSSR count). The minimum absolute atomic E-state index is 0.0513. The van der Waals surface area contributed by atoms with Crippen molar-refractivity contribution in [3.05, 3.63) is 23.8 Å². The molecule has 4 saturated carbocycles. The summed E-state index contributed by atoms with van der Waals surface area (Å²) in [7, 11) is -3.78. The molecule has 5 fully saturated rings. The molecule has 5 aliphatic rings. The number of carbonyl (C=O) groups excluding carboxylic acids is 1. The number of aryl methyl sites for hydroxylation is 1. The molecule has 1 aromatic rings. The van der Waals surface area contributed by atoms with Crippen LogP contribution in [0.15, 0.2) is 23.1 Å². The van der Waals surface area contributed by atoms with E-state index in [1.165, 1.54) is 35.7 Å². The molecule has 4 aliphatic carbocycles. The van der Waals surface area contributed by atoms with Crippen molar-refractivity contribution in [2.75, 3.05) is 26.2 Å². The summed E-state index contributed by atoms with van der Waals surface area (Å²) in [4.78, 5) is 15.5. The third-order valence-electron chi connectivity index (χ3n) is 7.70. The number of piperazine rings is 1. The van der Waals surface area contributed by atoms with Crippen molar-refractivity contribution in [1.29, 1.82) is 0 Å². The number of carbonyl (C=O) groups is 1. The average molecular weight is 497 g/mol. The number of sulfonamides is 1. The van der Waals surface area contributed by atoms with Gasteiger partial charge >= 0.3 is 0 Å². The Morgan fingerprint density at radius 1 is 1.10 bits per heavy atom. The summed E-state index contributed by atoms with van der Waals surface area (Å²) in [5.41, 5.74) is 0.523. The van der Waals surface area contributed by atoms with Crippen molar-refractivity contribution in [3.63, 3.8) is 0 Å². The Bertz CT molecular complexity index is 973. The Morgan fingerprint density at radius 2 is 1.73 bits per heavy atom. The summed E-state index contributed by atoms with van der Waals surface area (Å²) in [5.74, 6) is 1.28. The number of rotatable bonds is 3. The number of halogens is 1. The summed E-state index contributed by atoms with van der Waals surface area (Å²) in [6, 6.07) is 4.62. The van der Waals surface area contributed by atoms with Gasteiger partial charge in [-0.25, -0.2) is 8.42 Å². The van der Waals surface area contributed by atoms with E-state index in [2.05, 4.69) is 15.9 Å². The van der Waals surface area contributed by atoms with Crippen LogP contribution in [-0.2, 0) is 14.8 Å². The van der Waals surface area contributed by atoms with Gasteiger partial charge in [-0.3, -0.25) is 4.79 Å². The monoisotopic (exact) mass is 496 g/mol. The Balaban J connectivity index is 1.31. The lowest BCUT2D eigenvalue weighted by Crippen LogP contribution is -2.61. The number of phenols is 1. The van der Waals surface area contributed by atoms with Gasteiger partial charge in [-0.05, 0) is 75.0 Å². The predicted octanol–water partition coefficient (Wildman–Crippen LogP) is 3.27. The molecule has 1 aliphatic heterocycles. The minimum atomic E-state index is -3.78. The first kappa shape index (κ1) is 20.8. The number of alkyl halides is 1. The molecular weight excluding hydrogens is 468 g/mol. The molecule has 6 nitrogen and oxygen atoms in total. The van der Waals surface area contributed by atoms with E-state index in [1.807, 2.05) is 4.90 Å². The van der Waals surface area contributed by atoms with E-state index in [-0.39, 0.29) is 39.4 Å². The van der Waals surface area contributed by atoms with Crippen LogP contribution in [0.2, 0.25) is 0 Å². The van der Waals surface area contributed by atoms with Gasteiger partial charge in [0.2, 0.25) is 15.9 Å². The maximum Gasteiger partial charge on any atom is 0.246 e. The van der Waals surface area contributed by atoms with E-state index in [1.54, 1.807) is 13.0 Å². The lowest BCUT2D eigenvalue weighted by atomic mass is 9.49. The lowest BCUT2D eigenvalue weighted by molar-refractivity contribution is -0.156. The first-order valence-electron chi connectivity index (χ1n) is 10.9. The second-order valence-electron chi connectivity index (χ2n) is 10.1. The third kappa shape index (κ3) is 3.30. The fraction of sp³-hybridized carbons (Fsp3) is 0.682. The first-order chi connectivity index (χ1) is 14.1. The van der Waals surface area contributed by atoms with Crippen LogP contribution in [0.5, 0.6) is 5.75 Å². The highest BCUT2D eigenvalue weighted by Crippen LogP contribution is 2.64. The molecule has 2 atom stereocenters. The van der Waals surface area contributed by atoms with Crippen molar-refractivity contribution >= 4 is 31.9 Å². The van der Waals surface area contributed by atoms with Gasteiger partial charge in [0.05, 0.1) is 5.41 Å². The van der Waals surface area contributed by atoms with Crippen LogP contribution in [-0.4, -0.2) is 59.1 Å². The molecule has 1 amide bonds. The fourth-order valence-electron chi connectivity index (χ4n) is 6.83. The first-order valence-corrected chi connectivity index (χ1v) is 13.1. The standard InChI is InChI=1S/C22H29BrN2O4S/c1-15-2-3-18(26)19(8-15)30(28,29)25-6-4-24(5-7-25)20(27)21-10-16-9-17(11-21)13-22(23,12-16)14-21/h2-3,8,16-17,26H,4-7,9-14H2,1H3. The Labute approximate surface area is 186 Å². The van der Waals surface area contributed by atoms with Crippen LogP contribution in [0.4, 0.5) is 0 Å². The molecule has 1 saturated heterocycles. The highest BCUT2D eigenvalue weighted by molar-refractivity contribution is 9.10. The zero-order valence-electron chi connectivity index (χ0n) is 17.3. The summed E-state index contributed by atoms with van der Waals surface area (Å²) in [6.45, 7) is 3.17. The van der Waals surface area contributed by atoms with E-state index in [4.69, 9.17) is 0 Å². The van der Waals surface area contributed by atoms with Gasteiger partial charge in [0.25, 0.3) is 0 Å². The van der Waals surface area contributed by atoms with Crippen LogP contribution in [0, 0.1) is 24.2 Å². The highest BCUT2D eigenvalue weighted by Gasteiger charge is 2.60. The Kier molecular flexibility index (Phi) is 4.80. The molecular formula is C22H29BrN2O4S. The van der Waals surface area contributed by atoms with E-state index in [0.717, 1.165) is 24.8 Å². The van der Waals surface area contributed by atoms with Gasteiger partial charge in [0.1, 0.15) is 10.6 Å². The minimum Gasteiger partial charge on any atom is -0.507 e. The second-order valence-corrected chi connectivity index (χ2v) is 13.6. The van der Waals surface area contributed by atoms with Crippen molar-refractivity contribution in [2.24, 2.45) is 17.3 Å². The number of nitrogens with zero attached hydrogens (tertiary/aromatic N) is 2. The fourth-order valence-corrected chi connectivity index (χ4v) is 9.88. The Morgan fingerprint density at radius 3 is 2.33 bits per heavy atom. The summed E-state index contributed by atoms with van der Waals surface area (Å²) < 4.78 is 27.6. The molecule has 0 radical (unpaired) electrons. The largest absolute Gasteiger partial charge is 0.507 e. The highest BCUT2D eigenvalue weighted by atomic mass is 79.9. The molecule has 1 heterocycles. The maximum absolute atomic E-state index is 13.6. The van der Waals surface area contributed by atoms with Gasteiger partial charge in [-0.15, -0.1) is 0 Å². The molecule has 164 valence electrons. The zero-order valence-corrected chi connectivity index (χ0v) is 19.7. The second kappa shape index (κ2) is 6.94. The molecule has 30 heavy (non-hydrogen) atoms. The van der Waals surface area contributed by atoms with Crippen molar-refractivity contribution in [2.45, 2.75) is 54.7 Å². The number of hydrogen-bond donors (Lipinski definition) is 1. The molecule has 0 aromatic heterocycles. The van der Waals surface area contributed by atoms with Crippen LogP contribution in [0.25, 0.3) is 0 Å². The maximum atomic E-state index is 13.6. The van der Waals surface area contributed by atoms with Gasteiger partial charge in [-0.1, -0.05) is 22.0 Å². The molecule has 1 N–H and O–H groups in total. The van der Waals surface area contributed by atoms with Crippen LogP contribution >= 0.6 is 15.9 Å². The van der Waals surface area contributed by atoms with E-state index in [0.29, 0.717) is 24.9 Å². The number of amides is 1. The quantitative estimate of drug-likeness (QED) is 0.651. The smallest absolute Gasteiger partial charge is 0.246 e. The predicted molar refractivity (Wildman–Crippen MR) is 117 cm³/mol. The van der Waals surface area contributed by atoms with Crippen LogP contribution in [0.3, 0.4) is 0 Å². The van der Waals surface area contributed by atoms with E-state index in [9.17, 15) is 18.3 Å². The molecule has 2 unspecified atom stereocenters. The number of hydrogen-bond acceptors (Lipinski definition) is 4. The lowest BCUT2D eigenvalue weighted by Gasteiger charge is -2.60. The van der Waals surface area contributed by atoms with Gasteiger partial charge in [-0.2, -0.15) is 4.31 Å². The summed E-state index contributed by atoms with van der Waals surface area (Å²) in [5, 5.41) is 10.1. The number of benzene rings is 1.